The Morgan fingerprint density at radius 1 is 0.500 bits per heavy atom. The third-order valence-corrected chi connectivity index (χ3v) is 5.77. The van der Waals surface area contributed by atoms with Gasteiger partial charge in [-0.05, 0) is 33.6 Å². The van der Waals surface area contributed by atoms with Gasteiger partial charge in [0.2, 0.25) is 0 Å². The summed E-state index contributed by atoms with van der Waals surface area (Å²) in [6.45, 7) is 9.85. The predicted octanol–water partition coefficient (Wildman–Crippen LogP) is 8.16. The molecule has 146 valence electrons. The van der Waals surface area contributed by atoms with Crippen LogP contribution in [0.15, 0.2) is 72.8 Å². The summed E-state index contributed by atoms with van der Waals surface area (Å²) in [5.74, 6) is 0. The highest BCUT2D eigenvalue weighted by atomic mass is 15.4. The lowest BCUT2D eigenvalue weighted by atomic mass is 10.0. The van der Waals surface area contributed by atoms with Gasteiger partial charge in [-0.25, -0.2) is 4.48 Å². The second-order valence-corrected chi connectivity index (χ2v) is 8.10. The van der Waals surface area contributed by atoms with Gasteiger partial charge < -0.3 is 0 Å². The minimum absolute atomic E-state index is 0.782. The molecule has 0 N–H and O–H groups in total. The molecule has 3 aromatic rings. The molecule has 0 heterocycles. The van der Waals surface area contributed by atoms with E-state index in [9.17, 15) is 0 Å². The van der Waals surface area contributed by atoms with Crippen LogP contribution in [0.25, 0.3) is 0 Å². The Labute approximate surface area is 171 Å². The molecule has 0 aliphatic rings. The fourth-order valence-electron chi connectivity index (χ4n) is 4.01. The number of rotatable bonds is 8. The Morgan fingerprint density at radius 2 is 0.857 bits per heavy atom. The zero-order valence-corrected chi connectivity index (χ0v) is 17.9. The van der Waals surface area contributed by atoms with E-state index in [1.165, 1.54) is 59.4 Å². The van der Waals surface area contributed by atoms with E-state index in [2.05, 4.69) is 100 Å². The molecular formula is C27H34N+. The van der Waals surface area contributed by atoms with Gasteiger partial charge in [-0.1, -0.05) is 72.9 Å². The van der Waals surface area contributed by atoms with Gasteiger partial charge in [0.05, 0.1) is 6.54 Å². The van der Waals surface area contributed by atoms with Crippen LogP contribution < -0.4 is 4.48 Å². The fraction of sp³-hybridized carbons (Fsp3) is 0.333. The molecule has 0 fully saturated rings. The summed E-state index contributed by atoms with van der Waals surface area (Å²) in [5.41, 5.74) is 7.95. The number of aryl methyl sites for hydroxylation is 3. The number of hydrogen-bond donors (Lipinski definition) is 0. The smallest absolute Gasteiger partial charge is 0.143 e. The largest absolute Gasteiger partial charge is 0.227 e. The molecule has 3 rings (SSSR count). The Morgan fingerprint density at radius 3 is 1.18 bits per heavy atom. The molecule has 0 aromatic heterocycles. The summed E-state index contributed by atoms with van der Waals surface area (Å²) in [4.78, 5) is 0. The highest BCUT2D eigenvalue weighted by Crippen LogP contribution is 2.44. The lowest BCUT2D eigenvalue weighted by molar-refractivity contribution is 0.480. The topological polar surface area (TPSA) is 0 Å². The Bertz CT molecular complexity index is 747. The van der Waals surface area contributed by atoms with Crippen LogP contribution in [0.4, 0.5) is 17.1 Å². The molecule has 0 saturated carbocycles. The van der Waals surface area contributed by atoms with Gasteiger partial charge >= 0.3 is 0 Å². The van der Waals surface area contributed by atoms with Crippen LogP contribution in [0, 0.1) is 20.8 Å². The molecule has 0 aliphatic heterocycles. The normalized spacial score (nSPS) is 11.6. The van der Waals surface area contributed by atoms with Crippen molar-refractivity contribution in [1.29, 1.82) is 0 Å². The predicted molar refractivity (Wildman–Crippen MR) is 124 cm³/mol. The van der Waals surface area contributed by atoms with Gasteiger partial charge in [-0.15, -0.1) is 0 Å². The highest BCUT2D eigenvalue weighted by Gasteiger charge is 2.35. The van der Waals surface area contributed by atoms with Gasteiger partial charge in [-0.3, -0.25) is 0 Å². The Balaban J connectivity index is 2.18. The van der Waals surface area contributed by atoms with Crippen LogP contribution in [0.3, 0.4) is 0 Å². The van der Waals surface area contributed by atoms with Crippen molar-refractivity contribution in [2.24, 2.45) is 0 Å². The Hall–Kier alpha value is -2.38. The molecule has 0 unspecified atom stereocenters. The zero-order chi connectivity index (χ0) is 20.0. The maximum atomic E-state index is 2.31. The molecule has 0 bridgehead atoms. The van der Waals surface area contributed by atoms with Crippen molar-refractivity contribution in [3.63, 3.8) is 0 Å². The number of benzene rings is 3. The Kier molecular flexibility index (Phi) is 6.70. The van der Waals surface area contributed by atoms with Crippen LogP contribution >= 0.6 is 0 Å². The van der Waals surface area contributed by atoms with Crippen molar-refractivity contribution in [3.05, 3.63) is 89.5 Å². The second kappa shape index (κ2) is 9.21. The summed E-state index contributed by atoms with van der Waals surface area (Å²) in [6.07, 6.45) is 5.05. The van der Waals surface area contributed by atoms with E-state index in [0.717, 1.165) is 11.0 Å². The third kappa shape index (κ3) is 4.36. The van der Waals surface area contributed by atoms with Crippen molar-refractivity contribution >= 4 is 17.1 Å². The molecule has 0 saturated heterocycles. The molecule has 0 amide bonds. The molecule has 3 aromatic carbocycles. The minimum atomic E-state index is 0.782. The summed E-state index contributed by atoms with van der Waals surface area (Å²) in [5, 5.41) is 0. The lowest BCUT2D eigenvalue weighted by Gasteiger charge is -2.38. The molecule has 0 spiro atoms. The molecule has 1 heteroatoms. The average molecular weight is 373 g/mol. The van der Waals surface area contributed by atoms with Crippen LogP contribution in [0.1, 0.15) is 49.3 Å². The highest BCUT2D eigenvalue weighted by molar-refractivity contribution is 5.71. The maximum Gasteiger partial charge on any atom is 0.143 e. The zero-order valence-electron chi connectivity index (χ0n) is 17.9. The number of nitrogens with zero attached hydrogens (tertiary/aromatic N) is 1. The fourth-order valence-corrected chi connectivity index (χ4v) is 4.01. The van der Waals surface area contributed by atoms with Gasteiger partial charge in [0.25, 0.3) is 0 Å². The van der Waals surface area contributed by atoms with E-state index in [4.69, 9.17) is 0 Å². The molecule has 0 atom stereocenters. The molecule has 0 radical (unpaired) electrons. The van der Waals surface area contributed by atoms with Gasteiger partial charge in [0, 0.05) is 36.4 Å². The van der Waals surface area contributed by atoms with E-state index in [1.807, 2.05) is 0 Å². The standard InChI is InChI=1S/C27H34N/c1-5-6-7-8-21-28(25-15-9-22(2)10-16-25,26-17-11-23(3)12-18-26)27-19-13-24(4)14-20-27/h9-20H,5-8,21H2,1-4H3/q+1. The quantitative estimate of drug-likeness (QED) is 0.276. The second-order valence-electron chi connectivity index (χ2n) is 8.10. The summed E-state index contributed by atoms with van der Waals surface area (Å²) in [7, 11) is 0. The summed E-state index contributed by atoms with van der Waals surface area (Å²) < 4.78 is 0.782. The first-order chi connectivity index (χ1) is 13.6. The lowest BCUT2D eigenvalue weighted by Crippen LogP contribution is -2.40. The van der Waals surface area contributed by atoms with Crippen molar-refractivity contribution in [2.45, 2.75) is 53.4 Å². The number of unbranched alkanes of at least 4 members (excludes halogenated alkanes) is 3. The van der Waals surface area contributed by atoms with E-state index < -0.39 is 0 Å². The SMILES string of the molecule is CCCCCC[N+](c1ccc(C)cc1)(c1ccc(C)cc1)c1ccc(C)cc1. The van der Waals surface area contributed by atoms with Crippen LogP contribution in [-0.2, 0) is 0 Å². The van der Waals surface area contributed by atoms with Crippen molar-refractivity contribution in [2.75, 3.05) is 6.54 Å². The molecule has 28 heavy (non-hydrogen) atoms. The average Bonchev–Trinajstić information content (AvgIpc) is 2.71. The van der Waals surface area contributed by atoms with Crippen molar-refractivity contribution in [3.8, 4) is 0 Å². The molecule has 0 aliphatic carbocycles. The molecule has 1 nitrogen and oxygen atoms in total. The van der Waals surface area contributed by atoms with Gasteiger partial charge in [-0.2, -0.15) is 0 Å². The minimum Gasteiger partial charge on any atom is -0.227 e. The maximum absolute atomic E-state index is 2.31. The van der Waals surface area contributed by atoms with E-state index in [1.54, 1.807) is 0 Å². The van der Waals surface area contributed by atoms with Crippen LogP contribution in [-0.4, -0.2) is 6.54 Å². The van der Waals surface area contributed by atoms with E-state index in [0.29, 0.717) is 0 Å². The van der Waals surface area contributed by atoms with Gasteiger partial charge in [0.1, 0.15) is 17.1 Å². The molecular weight excluding hydrogens is 338 g/mol. The number of quaternary nitrogens is 1. The third-order valence-electron chi connectivity index (χ3n) is 5.77. The first kappa shape index (κ1) is 20.4. The monoisotopic (exact) mass is 372 g/mol. The summed E-state index contributed by atoms with van der Waals surface area (Å²) >= 11 is 0. The van der Waals surface area contributed by atoms with Gasteiger partial charge in [0.15, 0.2) is 0 Å². The van der Waals surface area contributed by atoms with Crippen LogP contribution in [0.5, 0.6) is 0 Å². The summed E-state index contributed by atoms with van der Waals surface area (Å²) in [6, 6.07) is 27.4. The van der Waals surface area contributed by atoms with Crippen molar-refractivity contribution < 1.29 is 0 Å². The first-order valence-corrected chi connectivity index (χ1v) is 10.7. The number of hydrogen-bond acceptors (Lipinski definition) is 0. The van der Waals surface area contributed by atoms with E-state index >= 15 is 0 Å². The van der Waals surface area contributed by atoms with E-state index in [-0.39, 0.29) is 0 Å². The van der Waals surface area contributed by atoms with Crippen molar-refractivity contribution in [1.82, 2.24) is 4.48 Å². The first-order valence-electron chi connectivity index (χ1n) is 10.7. The van der Waals surface area contributed by atoms with Crippen LogP contribution in [0.2, 0.25) is 0 Å².